The minimum atomic E-state index is -1.32. The first-order chi connectivity index (χ1) is 9.31. The summed E-state index contributed by atoms with van der Waals surface area (Å²) >= 11 is 1.75. The van der Waals surface area contributed by atoms with Gasteiger partial charge in [0.1, 0.15) is 11.9 Å². The third-order valence-electron chi connectivity index (χ3n) is 2.43. The van der Waals surface area contributed by atoms with Crippen molar-refractivity contribution in [3.05, 3.63) is 33.1 Å². The van der Waals surface area contributed by atoms with Gasteiger partial charge in [-0.05, 0) is 47.2 Å². The highest BCUT2D eigenvalue weighted by Crippen LogP contribution is 2.14. The predicted molar refractivity (Wildman–Crippen MR) is 74.9 cm³/mol. The van der Waals surface area contributed by atoms with Crippen LogP contribution in [0.25, 0.3) is 0 Å². The smallest absolute Gasteiger partial charge is 0.326 e. The van der Waals surface area contributed by atoms with Crippen molar-refractivity contribution < 1.29 is 29.0 Å². The lowest BCUT2D eigenvalue weighted by Crippen LogP contribution is -2.41. The zero-order chi connectivity index (χ0) is 15.3. The summed E-state index contributed by atoms with van der Waals surface area (Å²) in [7, 11) is 0. The molecular weight excluding hydrogens is 384 g/mol. The molecule has 8 heteroatoms. The first-order valence-electron chi connectivity index (χ1n) is 5.51. The molecule has 0 aliphatic carbocycles. The summed E-state index contributed by atoms with van der Waals surface area (Å²) in [5.41, 5.74) is 0.133. The molecule has 0 aromatic heterocycles. The first kappa shape index (κ1) is 16.3. The highest BCUT2D eigenvalue weighted by Gasteiger charge is 2.22. The van der Waals surface area contributed by atoms with E-state index in [1.54, 1.807) is 22.6 Å². The largest absolute Gasteiger partial charge is 0.481 e. The van der Waals surface area contributed by atoms with Gasteiger partial charge in [0, 0.05) is 9.99 Å². The molecule has 0 fully saturated rings. The molecule has 1 unspecified atom stereocenters. The van der Waals surface area contributed by atoms with Gasteiger partial charge in [-0.3, -0.25) is 9.59 Å². The summed E-state index contributed by atoms with van der Waals surface area (Å²) in [5, 5.41) is 19.7. The Balaban J connectivity index is 2.80. The lowest BCUT2D eigenvalue weighted by Gasteiger charge is -2.14. The van der Waals surface area contributed by atoms with E-state index in [4.69, 9.17) is 10.2 Å². The van der Waals surface area contributed by atoms with Gasteiger partial charge >= 0.3 is 11.9 Å². The highest BCUT2D eigenvalue weighted by atomic mass is 127. The predicted octanol–water partition coefficient (Wildman–Crippen LogP) is 1.48. The first-order valence-corrected chi connectivity index (χ1v) is 6.59. The molecule has 1 aromatic rings. The summed E-state index contributed by atoms with van der Waals surface area (Å²) in [5.74, 6) is -3.67. The van der Waals surface area contributed by atoms with Crippen molar-refractivity contribution in [1.29, 1.82) is 0 Å². The number of halogens is 2. The van der Waals surface area contributed by atoms with Crippen LogP contribution in [0.1, 0.15) is 23.2 Å². The molecule has 1 aromatic carbocycles. The molecule has 108 valence electrons. The van der Waals surface area contributed by atoms with E-state index in [2.05, 4.69) is 5.32 Å². The molecule has 1 amide bonds. The van der Waals surface area contributed by atoms with Crippen LogP contribution in [0.2, 0.25) is 0 Å². The fourth-order valence-electron chi connectivity index (χ4n) is 1.43. The molecule has 0 bridgehead atoms. The number of carboxylic acids is 2. The second kappa shape index (κ2) is 7.17. The molecule has 0 aliphatic heterocycles. The number of hydrogen-bond donors (Lipinski definition) is 3. The summed E-state index contributed by atoms with van der Waals surface area (Å²) in [6.07, 6.45) is -0.605. The van der Waals surface area contributed by atoms with Gasteiger partial charge in [0.05, 0.1) is 5.56 Å². The lowest BCUT2D eigenvalue weighted by molar-refractivity contribution is -0.140. The number of carbonyl (C=O) groups excluding carboxylic acids is 1. The van der Waals surface area contributed by atoms with Crippen LogP contribution in [0.15, 0.2) is 18.2 Å². The van der Waals surface area contributed by atoms with Crippen molar-refractivity contribution in [2.45, 2.75) is 18.9 Å². The molecule has 0 saturated heterocycles. The molecular formula is C12H11FINO5. The van der Waals surface area contributed by atoms with Gasteiger partial charge in [0.25, 0.3) is 5.91 Å². The van der Waals surface area contributed by atoms with Crippen LogP contribution in [-0.4, -0.2) is 34.1 Å². The average molecular weight is 395 g/mol. The quantitative estimate of drug-likeness (QED) is 0.634. The second-order valence-corrected chi connectivity index (χ2v) is 5.08. The Kier molecular flexibility index (Phi) is 5.86. The van der Waals surface area contributed by atoms with E-state index < -0.39 is 29.7 Å². The standard InChI is InChI=1S/C12H11FINO5/c13-6-1-2-7(8(14)5-6)11(18)15-9(12(19)20)3-4-10(16)17/h1-2,5,9H,3-4H2,(H,15,18)(H,16,17)(H,19,20). The van der Waals surface area contributed by atoms with E-state index in [0.717, 1.165) is 12.1 Å². The SMILES string of the molecule is O=C(O)CCC(NC(=O)c1ccc(F)cc1I)C(=O)O. The van der Waals surface area contributed by atoms with E-state index in [9.17, 15) is 18.8 Å². The molecule has 0 saturated carbocycles. The Morgan fingerprint density at radius 2 is 1.95 bits per heavy atom. The number of amides is 1. The van der Waals surface area contributed by atoms with Gasteiger partial charge in [-0.1, -0.05) is 0 Å². The van der Waals surface area contributed by atoms with Gasteiger partial charge in [-0.15, -0.1) is 0 Å². The Morgan fingerprint density at radius 3 is 2.45 bits per heavy atom. The topological polar surface area (TPSA) is 104 Å². The van der Waals surface area contributed by atoms with Crippen molar-refractivity contribution in [3.8, 4) is 0 Å². The maximum absolute atomic E-state index is 12.9. The molecule has 1 rings (SSSR count). The van der Waals surface area contributed by atoms with Crippen molar-refractivity contribution in [1.82, 2.24) is 5.32 Å². The number of carbonyl (C=O) groups is 3. The Morgan fingerprint density at radius 1 is 1.30 bits per heavy atom. The van der Waals surface area contributed by atoms with Crippen LogP contribution < -0.4 is 5.32 Å². The second-order valence-electron chi connectivity index (χ2n) is 3.92. The van der Waals surface area contributed by atoms with Crippen molar-refractivity contribution in [3.63, 3.8) is 0 Å². The summed E-state index contributed by atoms with van der Waals surface area (Å²) in [4.78, 5) is 33.3. The number of carboxylic acid groups (broad SMARTS) is 2. The zero-order valence-electron chi connectivity index (χ0n) is 10.1. The summed E-state index contributed by atoms with van der Waals surface area (Å²) < 4.78 is 13.3. The molecule has 0 spiro atoms. The van der Waals surface area contributed by atoms with Gasteiger partial charge in [0.15, 0.2) is 0 Å². The number of aliphatic carboxylic acids is 2. The minimum absolute atomic E-state index is 0.133. The van der Waals surface area contributed by atoms with Crippen LogP contribution in [0, 0.1) is 9.39 Å². The monoisotopic (exact) mass is 395 g/mol. The van der Waals surface area contributed by atoms with E-state index in [0.29, 0.717) is 3.57 Å². The van der Waals surface area contributed by atoms with Gasteiger partial charge in [0.2, 0.25) is 0 Å². The fourth-order valence-corrected chi connectivity index (χ4v) is 2.16. The maximum Gasteiger partial charge on any atom is 0.326 e. The van der Waals surface area contributed by atoms with Crippen LogP contribution >= 0.6 is 22.6 Å². The minimum Gasteiger partial charge on any atom is -0.481 e. The summed E-state index contributed by atoms with van der Waals surface area (Å²) in [6, 6.07) is 2.16. The van der Waals surface area contributed by atoms with Crippen molar-refractivity contribution in [2.24, 2.45) is 0 Å². The number of rotatable bonds is 6. The Hall–Kier alpha value is -1.71. The van der Waals surface area contributed by atoms with Crippen LogP contribution in [0.5, 0.6) is 0 Å². The third-order valence-corrected chi connectivity index (χ3v) is 3.32. The Bertz CT molecular complexity index is 549. The van der Waals surface area contributed by atoms with E-state index in [1.807, 2.05) is 0 Å². The molecule has 0 aliphatic rings. The molecule has 0 radical (unpaired) electrons. The van der Waals surface area contributed by atoms with Crippen LogP contribution in [-0.2, 0) is 9.59 Å². The average Bonchev–Trinajstić information content (AvgIpc) is 2.33. The lowest BCUT2D eigenvalue weighted by atomic mass is 10.1. The van der Waals surface area contributed by atoms with E-state index in [1.165, 1.54) is 6.07 Å². The zero-order valence-corrected chi connectivity index (χ0v) is 12.3. The van der Waals surface area contributed by atoms with Crippen molar-refractivity contribution >= 4 is 40.4 Å². The number of nitrogens with one attached hydrogen (secondary N) is 1. The van der Waals surface area contributed by atoms with Gasteiger partial charge in [-0.2, -0.15) is 0 Å². The molecule has 6 nitrogen and oxygen atoms in total. The molecule has 20 heavy (non-hydrogen) atoms. The molecule has 0 heterocycles. The number of hydrogen-bond acceptors (Lipinski definition) is 3. The third kappa shape index (κ3) is 4.76. The number of benzene rings is 1. The van der Waals surface area contributed by atoms with Crippen molar-refractivity contribution in [2.75, 3.05) is 0 Å². The van der Waals surface area contributed by atoms with E-state index >= 15 is 0 Å². The van der Waals surface area contributed by atoms with Gasteiger partial charge < -0.3 is 15.5 Å². The maximum atomic E-state index is 12.9. The highest BCUT2D eigenvalue weighted by molar-refractivity contribution is 14.1. The van der Waals surface area contributed by atoms with Crippen LogP contribution in [0.3, 0.4) is 0 Å². The normalized spacial score (nSPS) is 11.7. The summed E-state index contributed by atoms with van der Waals surface area (Å²) in [6.45, 7) is 0. The molecule has 1 atom stereocenters. The van der Waals surface area contributed by atoms with E-state index in [-0.39, 0.29) is 18.4 Å². The van der Waals surface area contributed by atoms with Gasteiger partial charge in [-0.25, -0.2) is 9.18 Å². The fraction of sp³-hybridized carbons (Fsp3) is 0.250. The molecule has 3 N–H and O–H groups in total. The Labute approximate surface area is 127 Å². The van der Waals surface area contributed by atoms with Crippen LogP contribution in [0.4, 0.5) is 4.39 Å².